The van der Waals surface area contributed by atoms with Crippen molar-refractivity contribution in [1.82, 2.24) is 0 Å². The van der Waals surface area contributed by atoms with Crippen molar-refractivity contribution in [3.05, 3.63) is 0 Å². The Kier molecular flexibility index (Phi) is 1.39. The fourth-order valence-corrected chi connectivity index (χ4v) is 0.855. The predicted octanol–water partition coefficient (Wildman–Crippen LogP) is 1.08. The molecule has 0 aliphatic heterocycles. The molecule has 1 rings (SSSR count). The first-order chi connectivity index (χ1) is 4.08. The van der Waals surface area contributed by atoms with Crippen LogP contribution in [0.5, 0.6) is 0 Å². The Hall–Kier alpha value is -0.310. The van der Waals surface area contributed by atoms with E-state index in [0.29, 0.717) is 0 Å². The lowest BCUT2D eigenvalue weighted by atomic mass is 10.4. The van der Waals surface area contributed by atoms with Crippen LogP contribution in [0.4, 0.5) is 4.39 Å². The van der Waals surface area contributed by atoms with Gasteiger partial charge in [0.2, 0.25) is 0 Å². The molecule has 2 nitrogen and oxygen atoms in total. The maximum atomic E-state index is 12.4. The van der Waals surface area contributed by atoms with Gasteiger partial charge in [0.1, 0.15) is 5.92 Å². The van der Waals surface area contributed by atoms with Crippen molar-refractivity contribution in [2.24, 2.45) is 5.92 Å². The highest BCUT2D eigenvalue weighted by Crippen LogP contribution is 2.51. The number of alkyl halides is 2. The number of esters is 1. The largest absolute Gasteiger partial charge is 0.469 e. The summed E-state index contributed by atoms with van der Waals surface area (Å²) in [5.41, 5.74) is 0. The summed E-state index contributed by atoms with van der Waals surface area (Å²) in [6, 6.07) is 0. The second kappa shape index (κ2) is 1.84. The maximum Gasteiger partial charge on any atom is 0.313 e. The van der Waals surface area contributed by atoms with E-state index in [1.165, 1.54) is 7.11 Å². The van der Waals surface area contributed by atoms with E-state index >= 15 is 0 Å². The van der Waals surface area contributed by atoms with Crippen LogP contribution < -0.4 is 0 Å². The van der Waals surface area contributed by atoms with Crippen molar-refractivity contribution in [2.45, 2.75) is 11.5 Å². The van der Waals surface area contributed by atoms with Crippen LogP contribution in [0.3, 0.4) is 0 Å². The number of halogens is 2. The Morgan fingerprint density at radius 1 is 2.00 bits per heavy atom. The van der Waals surface area contributed by atoms with Gasteiger partial charge in [-0.1, -0.05) is 11.6 Å². The van der Waals surface area contributed by atoms with Gasteiger partial charge in [-0.05, 0) is 0 Å². The summed E-state index contributed by atoms with van der Waals surface area (Å²) in [5.74, 6) is -1.29. The number of rotatable bonds is 1. The van der Waals surface area contributed by atoms with Gasteiger partial charge < -0.3 is 4.74 Å². The first-order valence-corrected chi connectivity index (χ1v) is 2.91. The van der Waals surface area contributed by atoms with Crippen molar-refractivity contribution in [3.63, 3.8) is 0 Å². The monoisotopic (exact) mass is 152 g/mol. The Morgan fingerprint density at radius 3 is 2.56 bits per heavy atom. The van der Waals surface area contributed by atoms with Gasteiger partial charge >= 0.3 is 5.97 Å². The van der Waals surface area contributed by atoms with Gasteiger partial charge in [-0.15, -0.1) is 0 Å². The molecule has 0 aromatic heterocycles. The molecule has 9 heavy (non-hydrogen) atoms. The van der Waals surface area contributed by atoms with E-state index in [1.54, 1.807) is 0 Å². The fraction of sp³-hybridized carbons (Fsp3) is 0.800. The standard InChI is InChI=1S/C5H6ClFO2/c1-9-4(8)3-2-5(3,6)7/h3H,2H2,1H3/t3-,5?/m0/s1. The Bertz CT molecular complexity index is 146. The molecule has 2 atom stereocenters. The fourth-order valence-electron chi connectivity index (χ4n) is 0.611. The van der Waals surface area contributed by atoms with Gasteiger partial charge in [0.15, 0.2) is 5.13 Å². The third-order valence-electron chi connectivity index (χ3n) is 1.31. The van der Waals surface area contributed by atoms with Gasteiger partial charge in [-0.25, -0.2) is 4.39 Å². The minimum atomic E-state index is -1.81. The van der Waals surface area contributed by atoms with Gasteiger partial charge in [-0.3, -0.25) is 4.79 Å². The van der Waals surface area contributed by atoms with E-state index in [-0.39, 0.29) is 6.42 Å². The van der Waals surface area contributed by atoms with Gasteiger partial charge in [-0.2, -0.15) is 0 Å². The lowest BCUT2D eigenvalue weighted by Crippen LogP contribution is -2.07. The van der Waals surface area contributed by atoms with Crippen LogP contribution in [0, 0.1) is 5.92 Å². The minimum Gasteiger partial charge on any atom is -0.469 e. The van der Waals surface area contributed by atoms with Crippen LogP contribution in [0.1, 0.15) is 6.42 Å². The third-order valence-corrected chi connectivity index (χ3v) is 1.73. The highest BCUT2D eigenvalue weighted by atomic mass is 35.5. The summed E-state index contributed by atoms with van der Waals surface area (Å²) in [7, 11) is 1.22. The molecule has 1 aliphatic rings. The summed E-state index contributed by atoms with van der Waals surface area (Å²) in [6.07, 6.45) is 0.0846. The van der Waals surface area contributed by atoms with E-state index in [0.717, 1.165) is 0 Å². The molecule has 0 radical (unpaired) electrons. The number of carbonyl (C=O) groups is 1. The van der Waals surface area contributed by atoms with Gasteiger partial charge in [0.25, 0.3) is 0 Å². The highest BCUT2D eigenvalue weighted by Gasteiger charge is 2.59. The minimum absolute atomic E-state index is 0.0846. The van der Waals surface area contributed by atoms with Crippen LogP contribution in [-0.4, -0.2) is 18.2 Å². The van der Waals surface area contributed by atoms with E-state index < -0.39 is 17.0 Å². The van der Waals surface area contributed by atoms with Gasteiger partial charge in [0.05, 0.1) is 7.11 Å². The number of ether oxygens (including phenoxy) is 1. The highest BCUT2D eigenvalue weighted by molar-refractivity contribution is 6.26. The first-order valence-electron chi connectivity index (χ1n) is 2.53. The molecule has 1 saturated carbocycles. The molecule has 0 saturated heterocycles. The van der Waals surface area contributed by atoms with Crippen molar-refractivity contribution in [3.8, 4) is 0 Å². The molecule has 0 spiro atoms. The predicted molar refractivity (Wildman–Crippen MR) is 29.8 cm³/mol. The SMILES string of the molecule is COC(=O)[C@@H]1CC1(F)Cl. The molecule has 0 aromatic rings. The normalized spacial score (nSPS) is 40.1. The summed E-state index contributed by atoms with van der Waals surface area (Å²) in [6.45, 7) is 0. The zero-order valence-electron chi connectivity index (χ0n) is 4.86. The molecular formula is C5H6ClFO2. The van der Waals surface area contributed by atoms with Crippen LogP contribution in [-0.2, 0) is 9.53 Å². The number of hydrogen-bond acceptors (Lipinski definition) is 2. The van der Waals surface area contributed by atoms with Crippen molar-refractivity contribution >= 4 is 17.6 Å². The third kappa shape index (κ3) is 1.15. The van der Waals surface area contributed by atoms with Crippen molar-refractivity contribution < 1.29 is 13.9 Å². The molecule has 1 unspecified atom stereocenters. The summed E-state index contributed by atoms with van der Waals surface area (Å²) in [5, 5.41) is -1.81. The molecule has 1 aliphatic carbocycles. The molecule has 1 fully saturated rings. The topological polar surface area (TPSA) is 26.3 Å². The molecule has 52 valence electrons. The average molecular weight is 153 g/mol. The Balaban J connectivity index is 2.42. The van der Waals surface area contributed by atoms with Crippen molar-refractivity contribution in [1.29, 1.82) is 0 Å². The molecule has 4 heteroatoms. The summed E-state index contributed by atoms with van der Waals surface area (Å²) >= 11 is 5.11. The van der Waals surface area contributed by atoms with E-state index in [4.69, 9.17) is 11.6 Å². The van der Waals surface area contributed by atoms with E-state index in [1.807, 2.05) is 0 Å². The van der Waals surface area contributed by atoms with Gasteiger partial charge in [0, 0.05) is 6.42 Å². The Labute approximate surface area is 56.9 Å². The lowest BCUT2D eigenvalue weighted by molar-refractivity contribution is -0.142. The zero-order chi connectivity index (χ0) is 7.07. The number of hydrogen-bond donors (Lipinski definition) is 0. The second-order valence-corrected chi connectivity index (χ2v) is 2.67. The zero-order valence-corrected chi connectivity index (χ0v) is 5.61. The molecule has 0 aromatic carbocycles. The van der Waals surface area contributed by atoms with Crippen molar-refractivity contribution in [2.75, 3.05) is 7.11 Å². The van der Waals surface area contributed by atoms with Crippen LogP contribution in [0.2, 0.25) is 0 Å². The maximum absolute atomic E-state index is 12.4. The smallest absolute Gasteiger partial charge is 0.313 e. The Morgan fingerprint density at radius 2 is 2.44 bits per heavy atom. The quantitative estimate of drug-likeness (QED) is 0.415. The van der Waals surface area contributed by atoms with Crippen LogP contribution in [0.15, 0.2) is 0 Å². The molecule has 0 N–H and O–H groups in total. The number of methoxy groups -OCH3 is 1. The summed E-state index contributed by atoms with van der Waals surface area (Å²) in [4.78, 5) is 10.4. The summed E-state index contributed by atoms with van der Waals surface area (Å²) < 4.78 is 16.6. The average Bonchev–Trinajstić information content (AvgIpc) is 2.38. The molecule has 0 heterocycles. The second-order valence-electron chi connectivity index (χ2n) is 2.04. The molecular weight excluding hydrogens is 147 g/mol. The molecule has 0 bridgehead atoms. The first kappa shape index (κ1) is 6.81. The van der Waals surface area contributed by atoms with E-state index in [2.05, 4.69) is 4.74 Å². The lowest BCUT2D eigenvalue weighted by Gasteiger charge is -1.94. The van der Waals surface area contributed by atoms with E-state index in [9.17, 15) is 9.18 Å². The number of carbonyl (C=O) groups excluding carboxylic acids is 1. The molecule has 0 amide bonds. The van der Waals surface area contributed by atoms with Crippen LogP contribution in [0.25, 0.3) is 0 Å². The van der Waals surface area contributed by atoms with Crippen LogP contribution >= 0.6 is 11.6 Å².